The molecule has 0 spiro atoms. The normalized spacial score (nSPS) is 12.9. The average Bonchev–Trinajstić information content (AvgIpc) is 0.835. The number of para-hydroxylation sites is 3. The summed E-state index contributed by atoms with van der Waals surface area (Å²) >= 11 is 0. The van der Waals surface area contributed by atoms with E-state index in [0.29, 0.717) is 25.0 Å². The Balaban J connectivity index is 0.000000199. The highest BCUT2D eigenvalue weighted by atomic mass is 127. The number of halogens is 1. The largest absolute Gasteiger partial charge is 0.497 e. The summed E-state index contributed by atoms with van der Waals surface area (Å²) in [7, 11) is 6.61. The maximum Gasteiger partial charge on any atom is 0.332 e. The number of esters is 1. The van der Waals surface area contributed by atoms with E-state index < -0.39 is 11.6 Å². The third kappa shape index (κ3) is 23.7. The Labute approximate surface area is 575 Å². The van der Waals surface area contributed by atoms with Gasteiger partial charge in [0.2, 0.25) is 0 Å². The summed E-state index contributed by atoms with van der Waals surface area (Å²) in [5.41, 5.74) is 11.8. The second kappa shape index (κ2) is 37.9. The van der Waals surface area contributed by atoms with Crippen LogP contribution in [0.3, 0.4) is 0 Å². The number of carbonyl (C=O) groups excluding carboxylic acids is 1. The number of ether oxygens (including phenoxy) is 7. The molecule has 2 aliphatic rings. The molecule has 0 aliphatic carbocycles. The Morgan fingerprint density at radius 1 is 0.495 bits per heavy atom. The summed E-state index contributed by atoms with van der Waals surface area (Å²) in [4.78, 5) is 50.2. The van der Waals surface area contributed by atoms with Crippen molar-refractivity contribution in [3.05, 3.63) is 213 Å². The molecule has 11 rings (SSSR count). The van der Waals surface area contributed by atoms with Crippen LogP contribution in [0, 0.1) is 11.8 Å². The van der Waals surface area contributed by atoms with Crippen molar-refractivity contribution in [2.24, 2.45) is 11.8 Å². The average molecular weight is 1400 g/mol. The molecule has 2 aliphatic heterocycles. The van der Waals surface area contributed by atoms with Crippen molar-refractivity contribution in [2.75, 3.05) is 112 Å². The fourth-order valence-electron chi connectivity index (χ4n) is 10.3. The van der Waals surface area contributed by atoms with Crippen LogP contribution in [0.5, 0.6) is 23.0 Å². The number of rotatable bonds is 22. The number of nitrogen functional groups attached to an aromatic ring is 1. The van der Waals surface area contributed by atoms with Gasteiger partial charge in [0, 0.05) is 66.0 Å². The molecule has 0 bridgehead atoms. The first kappa shape index (κ1) is 72.7. The summed E-state index contributed by atoms with van der Waals surface area (Å²) in [5, 5.41) is 12.0. The summed E-state index contributed by atoms with van der Waals surface area (Å²) < 4.78 is 36.9. The molecule has 4 heterocycles. The lowest BCUT2D eigenvalue weighted by Crippen LogP contribution is -2.36. The molecule has 0 amide bonds. The van der Waals surface area contributed by atoms with Crippen molar-refractivity contribution in [3.63, 3.8) is 0 Å². The van der Waals surface area contributed by atoms with Gasteiger partial charge in [0.05, 0.1) is 66.4 Å². The molecule has 0 saturated carbocycles. The van der Waals surface area contributed by atoms with Crippen molar-refractivity contribution in [1.29, 1.82) is 0 Å². The van der Waals surface area contributed by atoms with Crippen molar-refractivity contribution in [2.45, 2.75) is 52.1 Å². The monoisotopic (exact) mass is 1400 g/mol. The van der Waals surface area contributed by atoms with E-state index >= 15 is 0 Å². The van der Waals surface area contributed by atoms with Crippen LogP contribution in [-0.2, 0) is 23.8 Å². The van der Waals surface area contributed by atoms with E-state index in [2.05, 4.69) is 47.0 Å². The molecular weight excluding hydrogens is 1320 g/mol. The highest BCUT2D eigenvalue weighted by Crippen LogP contribution is 2.37. The molecule has 9 aromatic rings. The molecule has 2 aromatic heterocycles. The third-order valence-corrected chi connectivity index (χ3v) is 15.1. The number of carboxylic acid groups (broad SMARTS) is 1. The quantitative estimate of drug-likeness (QED) is 0.0326. The molecule has 95 heavy (non-hydrogen) atoms. The number of methoxy groups -OCH3 is 4. The lowest BCUT2D eigenvalue weighted by atomic mass is 9.98. The minimum Gasteiger partial charge on any atom is -0.497 e. The number of piperidine rings is 2. The van der Waals surface area contributed by atoms with Gasteiger partial charge in [-0.05, 0) is 192 Å². The number of hydrogen-bond acceptors (Lipinski definition) is 19. The van der Waals surface area contributed by atoms with Gasteiger partial charge in [0.25, 0.3) is 0 Å². The van der Waals surface area contributed by atoms with Gasteiger partial charge in [-0.25, -0.2) is 19.6 Å². The predicted octanol–water partition coefficient (Wildman–Crippen LogP) is 15.1. The number of nitrogens with one attached hydrogen (secondary N) is 1. The van der Waals surface area contributed by atoms with Crippen molar-refractivity contribution >= 4 is 99.0 Å². The first-order valence-corrected chi connectivity index (χ1v) is 31.2. The van der Waals surface area contributed by atoms with Gasteiger partial charge in [-0.15, -0.1) is 24.0 Å². The molecule has 0 radical (unpaired) electrons. The number of nitrogens with two attached hydrogens (primary N) is 1. The molecule has 500 valence electrons. The number of anilines is 11. The molecule has 2 saturated heterocycles. The summed E-state index contributed by atoms with van der Waals surface area (Å²) in [6.45, 7) is 9.71. The molecule has 0 unspecified atom stereocenters. The van der Waals surface area contributed by atoms with E-state index in [9.17, 15) is 9.59 Å². The van der Waals surface area contributed by atoms with E-state index in [-0.39, 0.29) is 43.2 Å². The predicted molar refractivity (Wildman–Crippen MR) is 387 cm³/mol. The number of aliphatic carboxylic acids is 1. The van der Waals surface area contributed by atoms with Gasteiger partial charge < -0.3 is 59.1 Å². The van der Waals surface area contributed by atoms with Crippen LogP contribution in [0.4, 0.5) is 63.1 Å². The highest BCUT2D eigenvalue weighted by Gasteiger charge is 2.25. The number of carboxylic acids is 1. The van der Waals surface area contributed by atoms with E-state index in [1.807, 2.05) is 191 Å². The van der Waals surface area contributed by atoms with Gasteiger partial charge >= 0.3 is 11.9 Å². The Morgan fingerprint density at radius 2 is 0.842 bits per heavy atom. The van der Waals surface area contributed by atoms with Gasteiger partial charge in [-0.1, -0.05) is 54.6 Å². The molecule has 7 aromatic carbocycles. The number of aromatic nitrogens is 4. The second-order valence-corrected chi connectivity index (χ2v) is 23.1. The summed E-state index contributed by atoms with van der Waals surface area (Å²) in [6.07, 6.45) is 10.9. The zero-order valence-electron chi connectivity index (χ0n) is 55.0. The standard InChI is InChI=1S/C29H36N4O4.C25H28N4O4.C13H13NO.C7H9NO.HI/c1-29(2,3)37-28(34)21-36-20-22-14-16-32(17-15-22)26-18-30-19-27(31-26)33(23-8-6-5-7-9-23)24-10-12-25(35-4)13-11-24;1-32-22-9-7-21(8-10-22)29(20-5-3-2-4-6-20)24-16-26-15-23(27-24)28-13-11-19(12-14-28)17-33-18-25(30)31;1-15-13-9-7-12(8-10-13)14-11-5-3-2-4-6-11;1-9-7-4-2-6(8)3-5-7;/h5-13,18-19,22H,14-17,20-21H2,1-4H3;2-10,15-16,19H,11-14,17-18H2,1H3,(H,30,31);2-10,14H,1H3;2-5H,8H2,1H3;1H. The molecule has 4 N–H and O–H groups in total. The smallest absolute Gasteiger partial charge is 0.332 e. The maximum absolute atomic E-state index is 11.9. The Hall–Kier alpha value is -9.71. The molecule has 0 atom stereocenters. The second-order valence-electron chi connectivity index (χ2n) is 23.1. The van der Waals surface area contributed by atoms with Crippen LogP contribution in [-0.4, -0.2) is 124 Å². The van der Waals surface area contributed by atoms with Crippen LogP contribution >= 0.6 is 24.0 Å². The van der Waals surface area contributed by atoms with E-state index in [1.165, 1.54) is 0 Å². The van der Waals surface area contributed by atoms with Gasteiger partial charge in [0.15, 0.2) is 11.6 Å². The molecular formula is C74H87IN10O10. The topological polar surface area (TPSA) is 222 Å². The minimum atomic E-state index is -0.931. The van der Waals surface area contributed by atoms with Gasteiger partial charge in [0.1, 0.15) is 53.4 Å². The van der Waals surface area contributed by atoms with Gasteiger partial charge in [-0.3, -0.25) is 19.8 Å². The lowest BCUT2D eigenvalue weighted by Gasteiger charge is -2.33. The van der Waals surface area contributed by atoms with Crippen LogP contribution in [0.15, 0.2) is 213 Å². The van der Waals surface area contributed by atoms with E-state index in [4.69, 9.17) is 54.0 Å². The zero-order chi connectivity index (χ0) is 66.5. The Bertz CT molecular complexity index is 3660. The molecule has 20 nitrogen and oxygen atoms in total. The van der Waals surface area contributed by atoms with E-state index in [0.717, 1.165) is 138 Å². The summed E-state index contributed by atoms with van der Waals surface area (Å²) in [5.74, 6) is 5.96. The number of carbonyl (C=O) groups is 2. The van der Waals surface area contributed by atoms with Gasteiger partial charge in [-0.2, -0.15) is 0 Å². The third-order valence-electron chi connectivity index (χ3n) is 15.1. The number of benzene rings is 7. The fourth-order valence-corrected chi connectivity index (χ4v) is 10.3. The van der Waals surface area contributed by atoms with Crippen LogP contribution in [0.25, 0.3) is 0 Å². The van der Waals surface area contributed by atoms with E-state index in [1.54, 1.807) is 59.2 Å². The van der Waals surface area contributed by atoms with Crippen LogP contribution < -0.4 is 49.6 Å². The zero-order valence-corrected chi connectivity index (χ0v) is 57.4. The minimum absolute atomic E-state index is 0. The maximum atomic E-state index is 11.9. The molecule has 21 heteroatoms. The summed E-state index contributed by atoms with van der Waals surface area (Å²) in [6, 6.07) is 61.2. The lowest BCUT2D eigenvalue weighted by molar-refractivity contribution is -0.160. The van der Waals surface area contributed by atoms with Crippen LogP contribution in [0.1, 0.15) is 46.5 Å². The molecule has 2 fully saturated rings. The first-order valence-electron chi connectivity index (χ1n) is 31.2. The Morgan fingerprint density at radius 3 is 1.22 bits per heavy atom. The van der Waals surface area contributed by atoms with Crippen LogP contribution in [0.2, 0.25) is 0 Å². The van der Waals surface area contributed by atoms with Crippen molar-refractivity contribution in [3.8, 4) is 23.0 Å². The number of nitrogens with zero attached hydrogens (tertiary/aromatic N) is 8. The number of hydrogen-bond donors (Lipinski definition) is 3. The fraction of sp³-hybridized carbons (Fsp3) is 0.297. The highest BCUT2D eigenvalue weighted by molar-refractivity contribution is 14.0. The Kier molecular flexibility index (Phi) is 29.0. The first-order chi connectivity index (χ1) is 45.7. The van der Waals surface area contributed by atoms with Crippen molar-refractivity contribution in [1.82, 2.24) is 19.9 Å². The SMILES string of the molecule is COc1ccc(N(c2ccccc2)c2cncc(N3CCC(COCC(=O)O)CC3)n2)cc1.COc1ccc(N(c2ccccc2)c2cncc(N3CCC(COCC(=O)OC(C)(C)C)CC3)n2)cc1.COc1ccc(N)cc1.COc1ccc(Nc2ccccc2)cc1.I. The van der Waals surface area contributed by atoms with Crippen molar-refractivity contribution < 1.29 is 47.9 Å².